The highest BCUT2D eigenvalue weighted by Gasteiger charge is 2.14. The molecule has 0 saturated carbocycles. The summed E-state index contributed by atoms with van der Waals surface area (Å²) in [6.45, 7) is 3.99. The van der Waals surface area contributed by atoms with Crippen LogP contribution in [0.5, 0.6) is 0 Å². The fraction of sp³-hybridized carbons (Fsp3) is 0.714. The lowest BCUT2D eigenvalue weighted by Gasteiger charge is -2.16. The number of hydrogen-bond donors (Lipinski definition) is 1. The zero-order valence-electron chi connectivity index (χ0n) is 11.5. The molecule has 2 amide bonds. The molecule has 0 aromatic heterocycles. The predicted molar refractivity (Wildman–Crippen MR) is 78.8 cm³/mol. The van der Waals surface area contributed by atoms with E-state index in [2.05, 4.69) is 19.6 Å². The molecule has 0 bridgehead atoms. The van der Waals surface area contributed by atoms with Crippen molar-refractivity contribution in [2.45, 2.75) is 52.4 Å². The van der Waals surface area contributed by atoms with E-state index in [4.69, 9.17) is 0 Å². The summed E-state index contributed by atoms with van der Waals surface area (Å²) in [5.41, 5.74) is 0. The molecule has 0 radical (unpaired) electrons. The third-order valence-corrected chi connectivity index (χ3v) is 2.89. The van der Waals surface area contributed by atoms with Gasteiger partial charge in [0.2, 0.25) is 11.8 Å². The van der Waals surface area contributed by atoms with E-state index < -0.39 is 0 Å². The van der Waals surface area contributed by atoms with Crippen LogP contribution in [0.1, 0.15) is 52.4 Å². The minimum absolute atomic E-state index is 0.138. The molecule has 0 aromatic carbocycles. The van der Waals surface area contributed by atoms with Crippen molar-refractivity contribution in [1.82, 2.24) is 4.90 Å². The molecule has 0 saturated heterocycles. The van der Waals surface area contributed by atoms with E-state index in [1.54, 1.807) is 0 Å². The normalized spacial score (nSPS) is 10.8. The van der Waals surface area contributed by atoms with Gasteiger partial charge in [0.25, 0.3) is 0 Å². The highest BCUT2D eigenvalue weighted by Crippen LogP contribution is 2.04. The van der Waals surface area contributed by atoms with Gasteiger partial charge in [-0.1, -0.05) is 38.3 Å². The van der Waals surface area contributed by atoms with Gasteiger partial charge in [0.05, 0.1) is 0 Å². The standard InChI is InChI=1S/C14H25NO2S/c1-3-4-5-6-7-8-9-10-14(17)15(11-12-18)13(2)16/h8-9,18H,3-7,10-12H2,1-2H3/b9-8+. The van der Waals surface area contributed by atoms with Crippen LogP contribution in [0.15, 0.2) is 12.2 Å². The van der Waals surface area contributed by atoms with E-state index in [1.807, 2.05) is 12.2 Å². The summed E-state index contributed by atoms with van der Waals surface area (Å²) >= 11 is 4.04. The second-order valence-electron chi connectivity index (χ2n) is 4.31. The number of rotatable bonds is 9. The van der Waals surface area contributed by atoms with Crippen molar-refractivity contribution >= 4 is 24.4 Å². The smallest absolute Gasteiger partial charge is 0.232 e. The number of allylic oxidation sites excluding steroid dienone is 1. The lowest BCUT2D eigenvalue weighted by molar-refractivity contribution is -0.142. The summed E-state index contributed by atoms with van der Waals surface area (Å²) in [7, 11) is 0. The topological polar surface area (TPSA) is 37.4 Å². The first-order valence-corrected chi connectivity index (χ1v) is 7.33. The van der Waals surface area contributed by atoms with Crippen LogP contribution in [-0.2, 0) is 9.59 Å². The van der Waals surface area contributed by atoms with Gasteiger partial charge in [-0.25, -0.2) is 0 Å². The van der Waals surface area contributed by atoms with Crippen molar-refractivity contribution in [3.63, 3.8) is 0 Å². The van der Waals surface area contributed by atoms with Crippen LogP contribution in [0.2, 0.25) is 0 Å². The minimum atomic E-state index is -0.203. The van der Waals surface area contributed by atoms with E-state index in [-0.39, 0.29) is 11.8 Å². The fourth-order valence-electron chi connectivity index (χ4n) is 1.66. The Hall–Kier alpha value is -0.770. The Kier molecular flexibility index (Phi) is 10.8. The number of unbranched alkanes of at least 4 members (excludes halogenated alkanes) is 4. The van der Waals surface area contributed by atoms with Crippen LogP contribution in [0.3, 0.4) is 0 Å². The molecule has 0 N–H and O–H groups in total. The number of carbonyl (C=O) groups excluding carboxylic acids is 2. The molecule has 0 aliphatic rings. The predicted octanol–water partition coefficient (Wildman–Crippen LogP) is 3.21. The van der Waals surface area contributed by atoms with E-state index >= 15 is 0 Å². The first-order chi connectivity index (χ1) is 8.63. The van der Waals surface area contributed by atoms with Crippen molar-refractivity contribution < 1.29 is 9.59 Å². The van der Waals surface area contributed by atoms with Crippen molar-refractivity contribution in [2.24, 2.45) is 0 Å². The molecule has 0 aromatic rings. The van der Waals surface area contributed by atoms with Crippen molar-refractivity contribution in [3.8, 4) is 0 Å². The van der Waals surface area contributed by atoms with Gasteiger partial charge >= 0.3 is 0 Å². The molecule has 104 valence electrons. The van der Waals surface area contributed by atoms with Crippen molar-refractivity contribution in [3.05, 3.63) is 12.2 Å². The van der Waals surface area contributed by atoms with Gasteiger partial charge in [0.15, 0.2) is 0 Å². The molecule has 3 nitrogen and oxygen atoms in total. The van der Waals surface area contributed by atoms with Gasteiger partial charge < -0.3 is 0 Å². The average Bonchev–Trinajstić information content (AvgIpc) is 2.34. The third-order valence-electron chi connectivity index (χ3n) is 2.69. The Labute approximate surface area is 116 Å². The van der Waals surface area contributed by atoms with E-state index in [0.717, 1.165) is 6.42 Å². The zero-order chi connectivity index (χ0) is 13.8. The Balaban J connectivity index is 3.85. The van der Waals surface area contributed by atoms with Gasteiger partial charge in [-0.3, -0.25) is 14.5 Å². The molecule has 0 rings (SSSR count). The lowest BCUT2D eigenvalue weighted by Crippen LogP contribution is -2.36. The zero-order valence-corrected chi connectivity index (χ0v) is 12.4. The summed E-state index contributed by atoms with van der Waals surface area (Å²) in [6.07, 6.45) is 10.1. The summed E-state index contributed by atoms with van der Waals surface area (Å²) in [6, 6.07) is 0. The van der Waals surface area contributed by atoms with Crippen molar-refractivity contribution in [2.75, 3.05) is 12.3 Å². The largest absolute Gasteiger partial charge is 0.282 e. The molecule has 4 heteroatoms. The number of imide groups is 1. The molecule has 0 aliphatic carbocycles. The number of hydrogen-bond acceptors (Lipinski definition) is 3. The minimum Gasteiger partial charge on any atom is -0.282 e. The number of nitrogens with zero attached hydrogens (tertiary/aromatic N) is 1. The molecular formula is C14H25NO2S. The molecular weight excluding hydrogens is 246 g/mol. The Morgan fingerprint density at radius 3 is 2.44 bits per heavy atom. The summed E-state index contributed by atoms with van der Waals surface area (Å²) in [4.78, 5) is 24.2. The Morgan fingerprint density at radius 2 is 1.89 bits per heavy atom. The van der Waals surface area contributed by atoms with Crippen LogP contribution in [0.25, 0.3) is 0 Å². The first kappa shape index (κ1) is 17.2. The highest BCUT2D eigenvalue weighted by atomic mass is 32.1. The SMILES string of the molecule is CCCCCC/C=C/CC(=O)N(CCS)C(C)=O. The number of carbonyl (C=O) groups is 2. The highest BCUT2D eigenvalue weighted by molar-refractivity contribution is 7.80. The van der Waals surface area contributed by atoms with Gasteiger partial charge in [-0.2, -0.15) is 12.6 Å². The van der Waals surface area contributed by atoms with E-state index in [9.17, 15) is 9.59 Å². The van der Waals surface area contributed by atoms with E-state index in [0.29, 0.717) is 18.7 Å². The molecule has 18 heavy (non-hydrogen) atoms. The summed E-state index contributed by atoms with van der Waals surface area (Å²) in [5, 5.41) is 0. The van der Waals surface area contributed by atoms with Crippen LogP contribution < -0.4 is 0 Å². The van der Waals surface area contributed by atoms with E-state index in [1.165, 1.54) is 37.5 Å². The Morgan fingerprint density at radius 1 is 1.17 bits per heavy atom. The maximum absolute atomic E-state index is 11.7. The number of amides is 2. The van der Waals surface area contributed by atoms with Crippen LogP contribution in [-0.4, -0.2) is 29.0 Å². The first-order valence-electron chi connectivity index (χ1n) is 6.70. The Bertz CT molecular complexity index is 277. The quantitative estimate of drug-likeness (QED) is 0.397. The fourth-order valence-corrected chi connectivity index (χ4v) is 1.86. The maximum Gasteiger partial charge on any atom is 0.232 e. The van der Waals surface area contributed by atoms with Crippen LogP contribution in [0.4, 0.5) is 0 Å². The second kappa shape index (κ2) is 11.3. The van der Waals surface area contributed by atoms with Gasteiger partial charge in [0.1, 0.15) is 0 Å². The van der Waals surface area contributed by atoms with Gasteiger partial charge in [0, 0.05) is 25.6 Å². The number of thiol groups is 1. The van der Waals surface area contributed by atoms with Crippen molar-refractivity contribution in [1.29, 1.82) is 0 Å². The molecule has 0 atom stereocenters. The lowest BCUT2D eigenvalue weighted by atomic mass is 10.1. The van der Waals surface area contributed by atoms with Crippen LogP contribution in [0, 0.1) is 0 Å². The summed E-state index contributed by atoms with van der Waals surface area (Å²) < 4.78 is 0. The third kappa shape index (κ3) is 8.34. The maximum atomic E-state index is 11.7. The second-order valence-corrected chi connectivity index (χ2v) is 4.76. The molecule has 0 aliphatic heterocycles. The molecule has 0 spiro atoms. The monoisotopic (exact) mass is 271 g/mol. The molecule has 0 heterocycles. The van der Waals surface area contributed by atoms with Crippen LogP contribution >= 0.6 is 12.6 Å². The molecule has 0 unspecified atom stereocenters. The average molecular weight is 271 g/mol. The molecule has 0 fully saturated rings. The van der Waals surface area contributed by atoms with Gasteiger partial charge in [-0.05, 0) is 12.8 Å². The van der Waals surface area contributed by atoms with Gasteiger partial charge in [-0.15, -0.1) is 0 Å². The summed E-state index contributed by atoms with van der Waals surface area (Å²) in [5.74, 6) is 0.165.